The highest BCUT2D eigenvalue weighted by atomic mass is 16.5. The molecular formula is C22H28N4O2. The first kappa shape index (κ1) is 18.7. The van der Waals surface area contributed by atoms with E-state index in [1.54, 1.807) is 0 Å². The fourth-order valence-corrected chi connectivity index (χ4v) is 4.14. The zero-order chi connectivity index (χ0) is 19.5. The number of carbonyl (C=O) groups excluding carboxylic acids is 1. The predicted octanol–water partition coefficient (Wildman–Crippen LogP) is 3.74. The van der Waals surface area contributed by atoms with Crippen molar-refractivity contribution in [1.29, 1.82) is 0 Å². The van der Waals surface area contributed by atoms with Crippen LogP contribution in [0.1, 0.15) is 59.8 Å². The maximum absolute atomic E-state index is 11.8. The molecule has 28 heavy (non-hydrogen) atoms. The van der Waals surface area contributed by atoms with E-state index in [9.17, 15) is 4.79 Å². The van der Waals surface area contributed by atoms with Gasteiger partial charge in [-0.05, 0) is 48.9 Å². The second kappa shape index (κ2) is 8.17. The summed E-state index contributed by atoms with van der Waals surface area (Å²) in [6.45, 7) is 3.80. The van der Waals surface area contributed by atoms with Gasteiger partial charge in [0.2, 0.25) is 5.95 Å². The Morgan fingerprint density at radius 1 is 1.21 bits per heavy atom. The van der Waals surface area contributed by atoms with Crippen molar-refractivity contribution in [1.82, 2.24) is 9.97 Å². The maximum Gasteiger partial charge on any atom is 0.337 e. The highest BCUT2D eigenvalue weighted by molar-refractivity contribution is 5.89. The third-order valence-electron chi connectivity index (χ3n) is 5.78. The van der Waals surface area contributed by atoms with Gasteiger partial charge in [0, 0.05) is 30.9 Å². The number of aromatic nitrogens is 2. The summed E-state index contributed by atoms with van der Waals surface area (Å²) < 4.78 is 4.84. The quantitative estimate of drug-likeness (QED) is 0.797. The molecule has 1 aromatic heterocycles. The Labute approximate surface area is 166 Å². The van der Waals surface area contributed by atoms with Crippen molar-refractivity contribution in [3.8, 4) is 0 Å². The molecule has 1 aliphatic heterocycles. The van der Waals surface area contributed by atoms with E-state index >= 15 is 0 Å². The van der Waals surface area contributed by atoms with Crippen LogP contribution in [0.5, 0.6) is 0 Å². The maximum atomic E-state index is 11.8. The number of nitrogens with one attached hydrogen (secondary N) is 1. The molecule has 0 bridgehead atoms. The van der Waals surface area contributed by atoms with Gasteiger partial charge in [0.05, 0.1) is 12.7 Å². The molecule has 0 saturated heterocycles. The molecule has 1 fully saturated rings. The van der Waals surface area contributed by atoms with Gasteiger partial charge in [0.1, 0.15) is 5.82 Å². The average molecular weight is 380 g/mol. The lowest BCUT2D eigenvalue weighted by atomic mass is 9.97. The third-order valence-corrected chi connectivity index (χ3v) is 5.78. The van der Waals surface area contributed by atoms with Crippen LogP contribution in [0.25, 0.3) is 0 Å². The molecule has 4 rings (SSSR count). The van der Waals surface area contributed by atoms with Gasteiger partial charge in [-0.3, -0.25) is 0 Å². The summed E-state index contributed by atoms with van der Waals surface area (Å²) >= 11 is 0. The van der Waals surface area contributed by atoms with Gasteiger partial charge < -0.3 is 15.0 Å². The fraction of sp³-hybridized carbons (Fsp3) is 0.500. The fourth-order valence-electron chi connectivity index (χ4n) is 4.14. The largest absolute Gasteiger partial charge is 0.465 e. The lowest BCUT2D eigenvalue weighted by Gasteiger charge is -2.30. The van der Waals surface area contributed by atoms with Crippen LogP contribution in [0.3, 0.4) is 0 Å². The molecule has 2 aromatic rings. The molecule has 6 heteroatoms. The molecule has 0 atom stereocenters. The van der Waals surface area contributed by atoms with E-state index in [-0.39, 0.29) is 5.97 Å². The van der Waals surface area contributed by atoms with Crippen LogP contribution in [0.4, 0.5) is 11.8 Å². The van der Waals surface area contributed by atoms with Crippen molar-refractivity contribution < 1.29 is 9.53 Å². The molecule has 2 heterocycles. The molecule has 1 saturated carbocycles. The van der Waals surface area contributed by atoms with Gasteiger partial charge in [0.15, 0.2) is 0 Å². The van der Waals surface area contributed by atoms with Crippen LogP contribution in [-0.2, 0) is 24.1 Å². The second-order valence-electron chi connectivity index (χ2n) is 7.67. The standard InChI is InChI=1S/C22H28N4O2/c1-3-18-13-20(25-22(23-18)24-19-6-4-5-7-19)26-11-10-15-12-16(21(27)28-2)8-9-17(15)14-26/h8-9,12-13,19H,3-7,10-11,14H2,1-2H3,(H,23,24,25). The number of hydrogen-bond donors (Lipinski definition) is 1. The van der Waals surface area contributed by atoms with E-state index in [0.29, 0.717) is 11.6 Å². The first-order valence-electron chi connectivity index (χ1n) is 10.3. The molecular weight excluding hydrogens is 352 g/mol. The van der Waals surface area contributed by atoms with Crippen molar-refractivity contribution in [3.63, 3.8) is 0 Å². The van der Waals surface area contributed by atoms with E-state index in [4.69, 9.17) is 14.7 Å². The zero-order valence-electron chi connectivity index (χ0n) is 16.7. The minimum Gasteiger partial charge on any atom is -0.465 e. The number of esters is 1. The monoisotopic (exact) mass is 380 g/mol. The first-order valence-corrected chi connectivity index (χ1v) is 10.3. The van der Waals surface area contributed by atoms with Gasteiger partial charge in [-0.1, -0.05) is 25.8 Å². The van der Waals surface area contributed by atoms with E-state index in [1.165, 1.54) is 43.9 Å². The third kappa shape index (κ3) is 3.96. The number of ether oxygens (including phenoxy) is 1. The van der Waals surface area contributed by atoms with Crippen molar-refractivity contribution in [2.45, 2.75) is 58.0 Å². The number of fused-ring (bicyclic) bond motifs is 1. The van der Waals surface area contributed by atoms with Gasteiger partial charge in [-0.25, -0.2) is 9.78 Å². The van der Waals surface area contributed by atoms with Gasteiger partial charge in [-0.15, -0.1) is 0 Å². The average Bonchev–Trinajstić information content (AvgIpc) is 3.25. The first-order chi connectivity index (χ1) is 13.7. The summed E-state index contributed by atoms with van der Waals surface area (Å²) in [5.74, 6) is 1.46. The molecule has 0 amide bonds. The van der Waals surface area contributed by atoms with Crippen LogP contribution < -0.4 is 10.2 Å². The number of anilines is 2. The summed E-state index contributed by atoms with van der Waals surface area (Å²) in [6, 6.07) is 8.45. The zero-order valence-corrected chi connectivity index (χ0v) is 16.7. The number of methoxy groups -OCH3 is 1. The summed E-state index contributed by atoms with van der Waals surface area (Å²) in [7, 11) is 1.42. The highest BCUT2D eigenvalue weighted by Gasteiger charge is 2.21. The molecule has 1 N–H and O–H groups in total. The Morgan fingerprint density at radius 2 is 2.04 bits per heavy atom. The number of aryl methyl sites for hydroxylation is 1. The molecule has 1 aliphatic carbocycles. The minimum absolute atomic E-state index is 0.281. The molecule has 0 unspecified atom stereocenters. The molecule has 148 valence electrons. The molecule has 0 spiro atoms. The van der Waals surface area contributed by atoms with Crippen molar-refractivity contribution in [2.24, 2.45) is 0 Å². The number of benzene rings is 1. The van der Waals surface area contributed by atoms with Crippen molar-refractivity contribution >= 4 is 17.7 Å². The molecule has 1 aromatic carbocycles. The summed E-state index contributed by atoms with van der Waals surface area (Å²) in [6.07, 6.45) is 6.76. The lowest BCUT2D eigenvalue weighted by Crippen LogP contribution is -2.32. The van der Waals surface area contributed by atoms with E-state index in [0.717, 1.165) is 43.4 Å². The van der Waals surface area contributed by atoms with Crippen LogP contribution in [-0.4, -0.2) is 35.6 Å². The normalized spacial score (nSPS) is 16.7. The predicted molar refractivity (Wildman–Crippen MR) is 110 cm³/mol. The SMILES string of the molecule is CCc1cc(N2CCc3cc(C(=O)OC)ccc3C2)nc(NC2CCCC2)n1. The van der Waals surface area contributed by atoms with Crippen molar-refractivity contribution in [2.75, 3.05) is 23.9 Å². The van der Waals surface area contributed by atoms with E-state index in [1.807, 2.05) is 18.2 Å². The highest BCUT2D eigenvalue weighted by Crippen LogP contribution is 2.27. The molecule has 2 aliphatic rings. The van der Waals surface area contributed by atoms with Crippen LogP contribution in [0.15, 0.2) is 24.3 Å². The van der Waals surface area contributed by atoms with Crippen LogP contribution in [0, 0.1) is 0 Å². The summed E-state index contributed by atoms with van der Waals surface area (Å²) in [5.41, 5.74) is 4.14. The Morgan fingerprint density at radius 3 is 2.79 bits per heavy atom. The number of rotatable bonds is 5. The summed E-state index contributed by atoms with van der Waals surface area (Å²) in [5, 5.41) is 3.54. The molecule has 6 nitrogen and oxygen atoms in total. The number of carbonyl (C=O) groups is 1. The minimum atomic E-state index is -0.281. The smallest absolute Gasteiger partial charge is 0.337 e. The topological polar surface area (TPSA) is 67.4 Å². The Hall–Kier alpha value is -2.63. The second-order valence-corrected chi connectivity index (χ2v) is 7.67. The van der Waals surface area contributed by atoms with Crippen LogP contribution >= 0.6 is 0 Å². The van der Waals surface area contributed by atoms with Crippen molar-refractivity contribution in [3.05, 3.63) is 46.6 Å². The Bertz CT molecular complexity index is 862. The van der Waals surface area contributed by atoms with Gasteiger partial charge in [-0.2, -0.15) is 4.98 Å². The number of nitrogens with zero attached hydrogens (tertiary/aromatic N) is 3. The Balaban J connectivity index is 1.55. The van der Waals surface area contributed by atoms with E-state index < -0.39 is 0 Å². The Kier molecular flexibility index (Phi) is 5.46. The number of hydrogen-bond acceptors (Lipinski definition) is 6. The lowest BCUT2D eigenvalue weighted by molar-refractivity contribution is 0.0600. The van der Waals surface area contributed by atoms with E-state index in [2.05, 4.69) is 23.2 Å². The van der Waals surface area contributed by atoms with Gasteiger partial charge >= 0.3 is 5.97 Å². The summed E-state index contributed by atoms with van der Waals surface area (Å²) in [4.78, 5) is 23.6. The van der Waals surface area contributed by atoms with Crippen LogP contribution in [0.2, 0.25) is 0 Å². The molecule has 0 radical (unpaired) electrons. The van der Waals surface area contributed by atoms with Gasteiger partial charge in [0.25, 0.3) is 0 Å².